The molecule has 1 amide bonds. The zero-order valence-electron chi connectivity index (χ0n) is 14.0. The highest BCUT2D eigenvalue weighted by atomic mass is 35.5. The first-order chi connectivity index (χ1) is 12.5. The van der Waals surface area contributed by atoms with Gasteiger partial charge in [-0.15, -0.1) is 0 Å². The van der Waals surface area contributed by atoms with Crippen LogP contribution in [0.2, 0.25) is 10.0 Å². The summed E-state index contributed by atoms with van der Waals surface area (Å²) in [5.74, 6) is 0.912. The number of benzene rings is 2. The topological polar surface area (TPSA) is 51.5 Å². The van der Waals surface area contributed by atoms with Crippen molar-refractivity contribution in [1.29, 1.82) is 0 Å². The van der Waals surface area contributed by atoms with Crippen molar-refractivity contribution in [2.45, 2.75) is 19.6 Å². The zero-order chi connectivity index (χ0) is 18.5. The molecule has 0 aliphatic heterocycles. The highest BCUT2D eigenvalue weighted by molar-refractivity contribution is 6.42. The maximum absolute atomic E-state index is 12.3. The van der Waals surface area contributed by atoms with Crippen LogP contribution < -0.4 is 10.1 Å². The van der Waals surface area contributed by atoms with Gasteiger partial charge in [-0.05, 0) is 36.8 Å². The fourth-order valence-corrected chi connectivity index (χ4v) is 2.76. The van der Waals surface area contributed by atoms with Crippen molar-refractivity contribution >= 4 is 29.1 Å². The second-order valence-corrected chi connectivity index (χ2v) is 6.50. The number of halogens is 2. The molecule has 134 valence electrons. The molecule has 1 aromatic heterocycles. The molecule has 0 aliphatic rings. The summed E-state index contributed by atoms with van der Waals surface area (Å²) in [5, 5.41) is 3.66. The molecule has 4 nitrogen and oxygen atoms in total. The first kappa shape index (κ1) is 18.4. The minimum absolute atomic E-state index is 0.126. The summed E-state index contributed by atoms with van der Waals surface area (Å²) in [7, 11) is 0. The van der Waals surface area contributed by atoms with E-state index in [0.29, 0.717) is 21.6 Å². The van der Waals surface area contributed by atoms with Gasteiger partial charge in [0.25, 0.3) is 5.91 Å². The lowest BCUT2D eigenvalue weighted by Gasteiger charge is -2.13. The third-order valence-electron chi connectivity index (χ3n) is 3.82. The average molecular weight is 390 g/mol. The summed E-state index contributed by atoms with van der Waals surface area (Å²) in [5.41, 5.74) is 1.02. The smallest absolute Gasteiger partial charge is 0.287 e. The monoisotopic (exact) mass is 389 g/mol. The molecule has 2 aromatic carbocycles. The number of rotatable bonds is 6. The van der Waals surface area contributed by atoms with Crippen LogP contribution in [0.3, 0.4) is 0 Å². The van der Waals surface area contributed by atoms with Crippen LogP contribution in [0, 0.1) is 0 Å². The molecular formula is C20H17Cl2NO3. The van der Waals surface area contributed by atoms with E-state index in [9.17, 15) is 4.79 Å². The Labute approximate surface area is 161 Å². The van der Waals surface area contributed by atoms with Gasteiger partial charge in [-0.3, -0.25) is 4.79 Å². The van der Waals surface area contributed by atoms with E-state index in [0.717, 1.165) is 5.56 Å². The summed E-state index contributed by atoms with van der Waals surface area (Å²) >= 11 is 12.0. The number of furan rings is 1. The van der Waals surface area contributed by atoms with Crippen molar-refractivity contribution in [2.24, 2.45) is 0 Å². The van der Waals surface area contributed by atoms with Gasteiger partial charge in [-0.1, -0.05) is 59.6 Å². The van der Waals surface area contributed by atoms with Crippen LogP contribution in [0.5, 0.6) is 5.75 Å². The first-order valence-electron chi connectivity index (χ1n) is 8.06. The van der Waals surface area contributed by atoms with E-state index in [1.54, 1.807) is 30.3 Å². The fraction of sp³-hybridized carbons (Fsp3) is 0.150. The molecular weight excluding hydrogens is 373 g/mol. The van der Waals surface area contributed by atoms with E-state index in [2.05, 4.69) is 5.32 Å². The van der Waals surface area contributed by atoms with Gasteiger partial charge in [0.05, 0.1) is 11.1 Å². The van der Waals surface area contributed by atoms with Crippen molar-refractivity contribution in [3.05, 3.63) is 87.8 Å². The van der Waals surface area contributed by atoms with Gasteiger partial charge in [-0.2, -0.15) is 0 Å². The summed E-state index contributed by atoms with van der Waals surface area (Å²) in [4.78, 5) is 12.3. The predicted molar refractivity (Wildman–Crippen MR) is 102 cm³/mol. The summed E-state index contributed by atoms with van der Waals surface area (Å²) in [6.07, 6.45) is 0. The number of hydrogen-bond acceptors (Lipinski definition) is 3. The zero-order valence-corrected chi connectivity index (χ0v) is 15.6. The molecule has 0 aliphatic carbocycles. The highest BCUT2D eigenvalue weighted by Crippen LogP contribution is 2.32. The Kier molecular flexibility index (Phi) is 5.86. The largest absolute Gasteiger partial charge is 0.484 e. The van der Waals surface area contributed by atoms with Crippen molar-refractivity contribution in [1.82, 2.24) is 5.32 Å². The minimum atomic E-state index is -0.284. The molecule has 0 radical (unpaired) electrons. The molecule has 0 fully saturated rings. The Morgan fingerprint density at radius 1 is 1.08 bits per heavy atom. The van der Waals surface area contributed by atoms with Crippen LogP contribution in [0.4, 0.5) is 0 Å². The number of hydrogen-bond donors (Lipinski definition) is 1. The molecule has 6 heteroatoms. The van der Waals surface area contributed by atoms with Gasteiger partial charge in [0.15, 0.2) is 5.76 Å². The van der Waals surface area contributed by atoms with Gasteiger partial charge in [0.2, 0.25) is 0 Å². The Hall–Kier alpha value is -2.43. The van der Waals surface area contributed by atoms with Crippen molar-refractivity contribution < 1.29 is 13.9 Å². The molecule has 0 saturated heterocycles. The van der Waals surface area contributed by atoms with Crippen LogP contribution in [-0.2, 0) is 6.61 Å². The number of carbonyl (C=O) groups is 1. The van der Waals surface area contributed by atoms with Gasteiger partial charge in [0.1, 0.15) is 23.1 Å². The van der Waals surface area contributed by atoms with Gasteiger partial charge < -0.3 is 14.5 Å². The highest BCUT2D eigenvalue weighted by Gasteiger charge is 2.15. The minimum Gasteiger partial charge on any atom is -0.484 e. The average Bonchev–Trinajstić information content (AvgIpc) is 3.13. The van der Waals surface area contributed by atoms with Gasteiger partial charge >= 0.3 is 0 Å². The van der Waals surface area contributed by atoms with Crippen LogP contribution in [0.15, 0.2) is 65.1 Å². The first-order valence-corrected chi connectivity index (χ1v) is 8.81. The Bertz CT molecular complexity index is 893. The van der Waals surface area contributed by atoms with E-state index in [4.69, 9.17) is 32.4 Å². The number of amides is 1. The van der Waals surface area contributed by atoms with Crippen LogP contribution in [0.25, 0.3) is 0 Å². The summed E-state index contributed by atoms with van der Waals surface area (Å²) < 4.78 is 11.2. The molecule has 1 heterocycles. The number of nitrogens with one attached hydrogen (secondary N) is 1. The number of carbonyl (C=O) groups excluding carboxylic acids is 1. The predicted octanol–water partition coefficient (Wildman–Crippen LogP) is 5.66. The SMILES string of the molecule is CC(NC(=O)c1ccc(COc2cccc(Cl)c2Cl)o1)c1ccccc1. The van der Waals surface area contributed by atoms with Gasteiger partial charge in [-0.25, -0.2) is 0 Å². The fourth-order valence-electron chi connectivity index (χ4n) is 2.41. The third kappa shape index (κ3) is 4.40. The van der Waals surface area contributed by atoms with Gasteiger partial charge in [0, 0.05) is 0 Å². The summed E-state index contributed by atoms with van der Waals surface area (Å²) in [6, 6.07) is 18.0. The standard InChI is InChI=1S/C20H17Cl2NO3/c1-13(14-6-3-2-4-7-14)23-20(24)18-11-10-15(26-18)12-25-17-9-5-8-16(21)19(17)22/h2-11,13H,12H2,1H3,(H,23,24). The van der Waals surface area contributed by atoms with Crippen LogP contribution in [-0.4, -0.2) is 5.91 Å². The molecule has 0 saturated carbocycles. The Morgan fingerprint density at radius 3 is 2.62 bits per heavy atom. The molecule has 3 rings (SSSR count). The third-order valence-corrected chi connectivity index (χ3v) is 4.62. The lowest BCUT2D eigenvalue weighted by Crippen LogP contribution is -2.26. The maximum Gasteiger partial charge on any atom is 0.287 e. The molecule has 3 aromatic rings. The molecule has 1 atom stereocenters. The maximum atomic E-state index is 12.3. The van der Waals surface area contributed by atoms with E-state index in [1.807, 2.05) is 37.3 Å². The lowest BCUT2D eigenvalue weighted by atomic mass is 10.1. The molecule has 26 heavy (non-hydrogen) atoms. The quantitative estimate of drug-likeness (QED) is 0.591. The van der Waals surface area contributed by atoms with Crippen molar-refractivity contribution in [3.8, 4) is 5.75 Å². The Morgan fingerprint density at radius 2 is 1.85 bits per heavy atom. The number of ether oxygens (including phenoxy) is 1. The second-order valence-electron chi connectivity index (χ2n) is 5.71. The van der Waals surface area contributed by atoms with Crippen molar-refractivity contribution in [3.63, 3.8) is 0 Å². The van der Waals surface area contributed by atoms with Crippen molar-refractivity contribution in [2.75, 3.05) is 0 Å². The normalized spacial score (nSPS) is 11.8. The van der Waals surface area contributed by atoms with Crippen LogP contribution >= 0.6 is 23.2 Å². The van der Waals surface area contributed by atoms with Crippen LogP contribution in [0.1, 0.15) is 34.8 Å². The lowest BCUT2D eigenvalue weighted by molar-refractivity contribution is 0.0907. The molecule has 0 bridgehead atoms. The summed E-state index contributed by atoms with van der Waals surface area (Å²) in [6.45, 7) is 2.06. The van der Waals surface area contributed by atoms with E-state index in [-0.39, 0.29) is 24.3 Å². The van der Waals surface area contributed by atoms with E-state index >= 15 is 0 Å². The van der Waals surface area contributed by atoms with E-state index in [1.165, 1.54) is 0 Å². The molecule has 1 N–H and O–H groups in total. The second kappa shape index (κ2) is 8.30. The van der Waals surface area contributed by atoms with E-state index < -0.39 is 0 Å². The Balaban J connectivity index is 1.60. The molecule has 1 unspecified atom stereocenters. The molecule has 0 spiro atoms.